The van der Waals surface area contributed by atoms with Crippen molar-refractivity contribution in [1.29, 1.82) is 0 Å². The Morgan fingerprint density at radius 2 is 2.00 bits per heavy atom. The normalized spacial score (nSPS) is 11.9. The smallest absolute Gasteiger partial charge is 0.261 e. The number of carbonyl (C=O) groups is 1. The van der Waals surface area contributed by atoms with Gasteiger partial charge in [-0.1, -0.05) is 19.1 Å². The number of fused-ring (bicyclic) bond motifs is 1. The molecule has 1 N–H and O–H groups in total. The summed E-state index contributed by atoms with van der Waals surface area (Å²) in [6, 6.07) is 8.31. The van der Waals surface area contributed by atoms with Crippen molar-refractivity contribution in [3.63, 3.8) is 0 Å². The van der Waals surface area contributed by atoms with Crippen molar-refractivity contribution >= 4 is 27.5 Å². The molecule has 0 spiro atoms. The summed E-state index contributed by atoms with van der Waals surface area (Å²) >= 11 is 1.44. The van der Waals surface area contributed by atoms with Gasteiger partial charge < -0.3 is 5.32 Å². The lowest BCUT2D eigenvalue weighted by Crippen LogP contribution is -2.42. The molecule has 1 amide bonds. The van der Waals surface area contributed by atoms with Crippen LogP contribution in [0.15, 0.2) is 30.3 Å². The Balaban J connectivity index is 1.90. The molecule has 3 aromatic rings. The SMILES string of the molecule is CCC(C)(C)NC(=O)c1cc2c(C)nn(Cc3ccc(F)cc3)c2s1. The van der Waals surface area contributed by atoms with Crippen LogP contribution < -0.4 is 5.32 Å². The number of carbonyl (C=O) groups excluding carboxylic acids is 1. The Hall–Kier alpha value is -2.21. The van der Waals surface area contributed by atoms with Gasteiger partial charge in [0, 0.05) is 10.9 Å². The maximum atomic E-state index is 13.1. The summed E-state index contributed by atoms with van der Waals surface area (Å²) in [7, 11) is 0. The van der Waals surface area contributed by atoms with Crippen LogP contribution in [0.1, 0.15) is 48.1 Å². The van der Waals surface area contributed by atoms with Gasteiger partial charge in [-0.05, 0) is 51.0 Å². The summed E-state index contributed by atoms with van der Waals surface area (Å²) in [6.07, 6.45) is 0.862. The molecule has 0 unspecified atom stereocenters. The number of aryl methyl sites for hydroxylation is 1. The molecule has 0 aliphatic heterocycles. The zero-order valence-electron chi connectivity index (χ0n) is 14.9. The Morgan fingerprint density at radius 1 is 1.32 bits per heavy atom. The first-order valence-corrected chi connectivity index (χ1v) is 9.14. The third kappa shape index (κ3) is 3.74. The fourth-order valence-corrected chi connectivity index (χ4v) is 3.61. The van der Waals surface area contributed by atoms with Crippen LogP contribution in [0.4, 0.5) is 4.39 Å². The molecule has 0 aliphatic carbocycles. The van der Waals surface area contributed by atoms with Gasteiger partial charge in [0.05, 0.1) is 17.1 Å². The van der Waals surface area contributed by atoms with Crippen LogP contribution in [0.3, 0.4) is 0 Å². The van der Waals surface area contributed by atoms with E-state index in [2.05, 4.69) is 17.3 Å². The van der Waals surface area contributed by atoms with E-state index in [1.807, 2.05) is 31.5 Å². The average Bonchev–Trinajstić information content (AvgIpc) is 3.11. The summed E-state index contributed by atoms with van der Waals surface area (Å²) < 4.78 is 15.0. The van der Waals surface area contributed by atoms with Crippen LogP contribution in [-0.2, 0) is 6.54 Å². The van der Waals surface area contributed by atoms with Crippen molar-refractivity contribution in [2.75, 3.05) is 0 Å². The number of hydrogen-bond acceptors (Lipinski definition) is 3. The first-order chi connectivity index (χ1) is 11.8. The van der Waals surface area contributed by atoms with E-state index in [0.29, 0.717) is 11.4 Å². The number of thiophene rings is 1. The van der Waals surface area contributed by atoms with Gasteiger partial charge in [-0.2, -0.15) is 5.10 Å². The molecule has 1 aromatic carbocycles. The Labute approximate surface area is 150 Å². The molecule has 4 nitrogen and oxygen atoms in total. The molecule has 2 aromatic heterocycles. The summed E-state index contributed by atoms with van der Waals surface area (Å²) in [6.45, 7) is 8.57. The van der Waals surface area contributed by atoms with E-state index in [-0.39, 0.29) is 17.3 Å². The number of benzene rings is 1. The molecule has 0 saturated heterocycles. The highest BCUT2D eigenvalue weighted by molar-refractivity contribution is 7.20. The van der Waals surface area contributed by atoms with E-state index in [0.717, 1.165) is 27.9 Å². The van der Waals surface area contributed by atoms with E-state index in [1.165, 1.54) is 23.5 Å². The van der Waals surface area contributed by atoms with Gasteiger partial charge in [-0.15, -0.1) is 11.3 Å². The predicted molar refractivity (Wildman–Crippen MR) is 99.7 cm³/mol. The Morgan fingerprint density at radius 3 is 2.64 bits per heavy atom. The standard InChI is InChI=1S/C19H22FN3OS/c1-5-19(3,4)21-17(24)16-10-15-12(2)22-23(18(15)25-16)11-13-6-8-14(20)9-7-13/h6-10H,5,11H2,1-4H3,(H,21,24). The molecule has 0 aliphatic rings. The summed E-state index contributed by atoms with van der Waals surface area (Å²) in [4.78, 5) is 14.2. The van der Waals surface area contributed by atoms with Crippen LogP contribution in [0, 0.1) is 12.7 Å². The molecule has 0 atom stereocenters. The number of nitrogens with zero attached hydrogens (tertiary/aromatic N) is 2. The van der Waals surface area contributed by atoms with Crippen LogP contribution in [0.2, 0.25) is 0 Å². The van der Waals surface area contributed by atoms with E-state index >= 15 is 0 Å². The fraction of sp³-hybridized carbons (Fsp3) is 0.368. The van der Waals surface area contributed by atoms with Crippen LogP contribution in [0.25, 0.3) is 10.2 Å². The minimum absolute atomic E-state index is 0.0548. The monoisotopic (exact) mass is 359 g/mol. The molecule has 0 fully saturated rings. The van der Waals surface area contributed by atoms with Crippen molar-refractivity contribution in [2.24, 2.45) is 0 Å². The predicted octanol–water partition coefficient (Wildman–Crippen LogP) is 4.51. The maximum Gasteiger partial charge on any atom is 0.261 e. The minimum atomic E-state index is -0.251. The lowest BCUT2D eigenvalue weighted by molar-refractivity contribution is 0.0915. The van der Waals surface area contributed by atoms with Crippen molar-refractivity contribution in [2.45, 2.75) is 46.2 Å². The van der Waals surface area contributed by atoms with Crippen molar-refractivity contribution < 1.29 is 9.18 Å². The number of amides is 1. The van der Waals surface area contributed by atoms with Gasteiger partial charge >= 0.3 is 0 Å². The number of aromatic nitrogens is 2. The van der Waals surface area contributed by atoms with Crippen molar-refractivity contribution in [3.8, 4) is 0 Å². The second-order valence-electron chi connectivity index (χ2n) is 6.89. The summed E-state index contributed by atoms with van der Waals surface area (Å²) in [5, 5.41) is 8.62. The highest BCUT2D eigenvalue weighted by atomic mass is 32.1. The molecule has 25 heavy (non-hydrogen) atoms. The molecular formula is C19H22FN3OS. The zero-order valence-corrected chi connectivity index (χ0v) is 15.7. The first-order valence-electron chi connectivity index (χ1n) is 8.33. The van der Waals surface area contributed by atoms with Gasteiger partial charge in [-0.25, -0.2) is 4.39 Å². The molecule has 0 saturated carbocycles. The second-order valence-corrected chi connectivity index (χ2v) is 7.92. The van der Waals surface area contributed by atoms with Crippen LogP contribution in [0.5, 0.6) is 0 Å². The number of hydrogen-bond donors (Lipinski definition) is 1. The molecule has 0 bridgehead atoms. The third-order valence-corrected chi connectivity index (χ3v) is 5.56. The third-order valence-electron chi connectivity index (χ3n) is 4.41. The Kier molecular flexibility index (Phi) is 4.64. The summed E-state index contributed by atoms with van der Waals surface area (Å²) in [5.41, 5.74) is 1.63. The topological polar surface area (TPSA) is 46.9 Å². The largest absolute Gasteiger partial charge is 0.346 e. The fourth-order valence-electron chi connectivity index (χ4n) is 2.55. The van der Waals surface area contributed by atoms with Gasteiger partial charge in [-0.3, -0.25) is 9.48 Å². The number of halogens is 1. The van der Waals surface area contributed by atoms with Crippen LogP contribution >= 0.6 is 11.3 Å². The quantitative estimate of drug-likeness (QED) is 0.728. The zero-order chi connectivity index (χ0) is 18.2. The number of nitrogens with one attached hydrogen (secondary N) is 1. The van der Waals surface area contributed by atoms with Crippen LogP contribution in [-0.4, -0.2) is 21.2 Å². The van der Waals surface area contributed by atoms with E-state index < -0.39 is 0 Å². The highest BCUT2D eigenvalue weighted by Crippen LogP contribution is 2.29. The average molecular weight is 359 g/mol. The lowest BCUT2D eigenvalue weighted by Gasteiger charge is -2.23. The summed E-state index contributed by atoms with van der Waals surface area (Å²) in [5.74, 6) is -0.306. The molecule has 132 valence electrons. The lowest BCUT2D eigenvalue weighted by atomic mass is 10.0. The molecular weight excluding hydrogens is 337 g/mol. The van der Waals surface area contributed by atoms with Crippen molar-refractivity contribution in [3.05, 3.63) is 52.3 Å². The number of rotatable bonds is 5. The van der Waals surface area contributed by atoms with Gasteiger partial charge in [0.1, 0.15) is 10.6 Å². The maximum absolute atomic E-state index is 13.1. The minimum Gasteiger partial charge on any atom is -0.346 e. The van der Waals surface area contributed by atoms with E-state index in [9.17, 15) is 9.18 Å². The molecule has 6 heteroatoms. The van der Waals surface area contributed by atoms with Gasteiger partial charge in [0.15, 0.2) is 0 Å². The molecule has 0 radical (unpaired) electrons. The van der Waals surface area contributed by atoms with Gasteiger partial charge in [0.25, 0.3) is 5.91 Å². The molecule has 3 rings (SSSR count). The second kappa shape index (κ2) is 6.59. The Bertz CT molecular complexity index is 909. The highest BCUT2D eigenvalue weighted by Gasteiger charge is 2.22. The van der Waals surface area contributed by atoms with E-state index in [1.54, 1.807) is 12.1 Å². The van der Waals surface area contributed by atoms with Crippen molar-refractivity contribution in [1.82, 2.24) is 15.1 Å². The first kappa shape index (κ1) is 17.6. The molecule has 2 heterocycles. The van der Waals surface area contributed by atoms with Gasteiger partial charge in [0.2, 0.25) is 0 Å². The van der Waals surface area contributed by atoms with E-state index in [4.69, 9.17) is 0 Å².